The third kappa shape index (κ3) is 2.28. The van der Waals surface area contributed by atoms with Crippen molar-refractivity contribution in [2.75, 3.05) is 5.73 Å². The molecule has 3 N–H and O–H groups in total. The number of nitrogen functional groups attached to an aromatic ring is 1. The zero-order chi connectivity index (χ0) is 8.27. The van der Waals surface area contributed by atoms with E-state index in [4.69, 9.17) is 10.8 Å². The zero-order valence-electron chi connectivity index (χ0n) is 6.62. The van der Waals surface area contributed by atoms with Gasteiger partial charge in [-0.2, -0.15) is 0 Å². The Morgan fingerprint density at radius 3 is 2.64 bits per heavy atom. The third-order valence-corrected chi connectivity index (χ3v) is 1.57. The van der Waals surface area contributed by atoms with Gasteiger partial charge in [-0.3, -0.25) is 0 Å². The second-order valence-corrected chi connectivity index (χ2v) is 2.75. The number of hydrogen-bond acceptors (Lipinski definition) is 2. The van der Waals surface area contributed by atoms with Gasteiger partial charge in [0.1, 0.15) is 0 Å². The van der Waals surface area contributed by atoms with Crippen LogP contribution in [0.4, 0.5) is 5.69 Å². The fourth-order valence-corrected chi connectivity index (χ4v) is 1.04. The van der Waals surface area contributed by atoms with Crippen molar-refractivity contribution in [1.29, 1.82) is 0 Å². The van der Waals surface area contributed by atoms with E-state index >= 15 is 0 Å². The van der Waals surface area contributed by atoms with Crippen molar-refractivity contribution in [3.05, 3.63) is 29.8 Å². The first-order chi connectivity index (χ1) is 5.20. The summed E-state index contributed by atoms with van der Waals surface area (Å²) in [5, 5.41) is 9.07. The van der Waals surface area contributed by atoms with E-state index in [1.165, 1.54) is 0 Å². The number of benzene rings is 1. The van der Waals surface area contributed by atoms with Gasteiger partial charge in [0.25, 0.3) is 6.92 Å². The highest BCUT2D eigenvalue weighted by Gasteiger charge is 2.05. The van der Waals surface area contributed by atoms with Gasteiger partial charge in [-0.15, -0.1) is 0 Å². The number of para-hydroxylation sites is 1. The van der Waals surface area contributed by atoms with Crippen LogP contribution in [0.5, 0.6) is 0 Å². The van der Waals surface area contributed by atoms with Gasteiger partial charge in [0.2, 0.25) is 0 Å². The maximum absolute atomic E-state index is 9.07. The minimum Gasteiger partial charge on any atom is -0.450 e. The molecule has 0 aromatic heterocycles. The van der Waals surface area contributed by atoms with E-state index in [1.807, 2.05) is 24.3 Å². The Balaban J connectivity index is 2.78. The average Bonchev–Trinajstić information content (AvgIpc) is 1.93. The van der Waals surface area contributed by atoms with Crippen LogP contribution in [0, 0.1) is 0 Å². The fourth-order valence-electron chi connectivity index (χ4n) is 1.04. The molecule has 0 saturated carbocycles. The first kappa shape index (κ1) is 8.14. The molecule has 0 unspecified atom stereocenters. The summed E-state index contributed by atoms with van der Waals surface area (Å²) in [7, 11) is 0. The van der Waals surface area contributed by atoms with E-state index in [-0.39, 0.29) is 6.92 Å². The predicted molar refractivity (Wildman–Crippen MR) is 48.4 cm³/mol. The zero-order valence-corrected chi connectivity index (χ0v) is 6.62. The van der Waals surface area contributed by atoms with E-state index in [9.17, 15) is 0 Å². The van der Waals surface area contributed by atoms with Gasteiger partial charge in [0.15, 0.2) is 0 Å². The summed E-state index contributed by atoms with van der Waals surface area (Å²) in [5.74, 6) is 0. The summed E-state index contributed by atoms with van der Waals surface area (Å²) in [5.41, 5.74) is 7.43. The highest BCUT2D eigenvalue weighted by Crippen LogP contribution is 2.11. The quantitative estimate of drug-likeness (QED) is 0.486. The second-order valence-electron chi connectivity index (χ2n) is 2.75. The first-order valence-corrected chi connectivity index (χ1v) is 3.71. The Kier molecular flexibility index (Phi) is 2.55. The lowest BCUT2D eigenvalue weighted by atomic mass is 9.66. The van der Waals surface area contributed by atoms with Crippen LogP contribution < -0.4 is 5.73 Å². The smallest absolute Gasteiger partial charge is 0.290 e. The molecule has 1 aromatic carbocycles. The van der Waals surface area contributed by atoms with Gasteiger partial charge in [0, 0.05) is 5.69 Å². The lowest BCUT2D eigenvalue weighted by Crippen LogP contribution is -2.11. The predicted octanol–water partition coefficient (Wildman–Crippen LogP) is 0.964. The highest BCUT2D eigenvalue weighted by atomic mass is 16.2. The largest absolute Gasteiger partial charge is 0.450 e. The molecule has 0 heterocycles. The van der Waals surface area contributed by atoms with E-state index in [0.29, 0.717) is 6.32 Å². The molecule has 58 valence electrons. The Morgan fingerprint density at radius 2 is 2.09 bits per heavy atom. The Labute approximate surface area is 67.2 Å². The van der Waals surface area contributed by atoms with Crippen molar-refractivity contribution < 1.29 is 5.02 Å². The van der Waals surface area contributed by atoms with Crippen molar-refractivity contribution >= 4 is 12.6 Å². The van der Waals surface area contributed by atoms with Crippen molar-refractivity contribution in [2.45, 2.75) is 13.1 Å². The molecule has 0 fully saturated rings. The molecule has 11 heavy (non-hydrogen) atoms. The normalized spacial score (nSPS) is 9.64. The Bertz CT molecular complexity index is 237. The number of rotatable bonds is 2. The van der Waals surface area contributed by atoms with Crippen LogP contribution in [0.25, 0.3) is 0 Å². The van der Waals surface area contributed by atoms with Gasteiger partial charge < -0.3 is 10.8 Å². The highest BCUT2D eigenvalue weighted by molar-refractivity contribution is 6.48. The minimum atomic E-state index is -0.320. The third-order valence-electron chi connectivity index (χ3n) is 1.57. The molecule has 3 heteroatoms. The molecule has 0 saturated heterocycles. The molecule has 0 atom stereocenters. The van der Waals surface area contributed by atoms with Gasteiger partial charge in [-0.05, 0) is 17.9 Å². The maximum Gasteiger partial charge on any atom is 0.290 e. The van der Waals surface area contributed by atoms with Gasteiger partial charge in [0.05, 0.1) is 0 Å². The summed E-state index contributed by atoms with van der Waals surface area (Å²) in [4.78, 5) is 0. The molecule has 1 rings (SSSR count). The van der Waals surface area contributed by atoms with E-state index in [0.717, 1.165) is 11.3 Å². The standard InChI is InChI=1S/C8H12BNO/c1-9(11)6-7-4-2-3-5-8(7)10/h2-5,11H,6,10H2,1H3. The molecule has 0 radical (unpaired) electrons. The summed E-state index contributed by atoms with van der Waals surface area (Å²) >= 11 is 0. The van der Waals surface area contributed by atoms with Crippen LogP contribution in [-0.4, -0.2) is 11.9 Å². The molecule has 0 aliphatic rings. The molecule has 0 aliphatic heterocycles. The first-order valence-electron chi connectivity index (χ1n) is 3.71. The monoisotopic (exact) mass is 149 g/mol. The molecule has 2 nitrogen and oxygen atoms in total. The minimum absolute atomic E-state index is 0.320. The van der Waals surface area contributed by atoms with Crippen LogP contribution in [0.3, 0.4) is 0 Å². The molecular weight excluding hydrogens is 137 g/mol. The summed E-state index contributed by atoms with van der Waals surface area (Å²) < 4.78 is 0. The van der Waals surface area contributed by atoms with Crippen molar-refractivity contribution in [2.24, 2.45) is 0 Å². The molecule has 0 amide bonds. The van der Waals surface area contributed by atoms with Crippen LogP contribution in [-0.2, 0) is 6.32 Å². The molecular formula is C8H12BNO. The summed E-state index contributed by atoms with van der Waals surface area (Å²) in [6.07, 6.45) is 0.632. The van der Waals surface area contributed by atoms with Crippen LogP contribution >= 0.6 is 0 Å². The van der Waals surface area contributed by atoms with Crippen LogP contribution in [0.2, 0.25) is 6.82 Å². The Morgan fingerprint density at radius 1 is 1.45 bits per heavy atom. The summed E-state index contributed by atoms with van der Waals surface area (Å²) in [6.45, 7) is 1.44. The fraction of sp³-hybridized carbons (Fsp3) is 0.250. The van der Waals surface area contributed by atoms with Crippen LogP contribution in [0.15, 0.2) is 24.3 Å². The van der Waals surface area contributed by atoms with E-state index in [1.54, 1.807) is 6.82 Å². The lowest BCUT2D eigenvalue weighted by molar-refractivity contribution is 0.577. The molecule has 0 bridgehead atoms. The Hall–Kier alpha value is -0.955. The van der Waals surface area contributed by atoms with Gasteiger partial charge in [-0.25, -0.2) is 0 Å². The number of anilines is 1. The summed E-state index contributed by atoms with van der Waals surface area (Å²) in [6, 6.07) is 7.59. The van der Waals surface area contributed by atoms with Crippen LogP contribution in [0.1, 0.15) is 5.56 Å². The molecule has 1 aromatic rings. The number of hydrogen-bond donors (Lipinski definition) is 2. The van der Waals surface area contributed by atoms with E-state index in [2.05, 4.69) is 0 Å². The van der Waals surface area contributed by atoms with Crippen molar-refractivity contribution in [3.63, 3.8) is 0 Å². The molecule has 0 aliphatic carbocycles. The van der Waals surface area contributed by atoms with Gasteiger partial charge in [-0.1, -0.05) is 25.0 Å². The van der Waals surface area contributed by atoms with Crippen molar-refractivity contribution in [3.8, 4) is 0 Å². The van der Waals surface area contributed by atoms with E-state index < -0.39 is 0 Å². The topological polar surface area (TPSA) is 46.2 Å². The second kappa shape index (κ2) is 3.44. The van der Waals surface area contributed by atoms with Crippen molar-refractivity contribution in [1.82, 2.24) is 0 Å². The number of nitrogens with two attached hydrogens (primary N) is 1. The lowest BCUT2D eigenvalue weighted by Gasteiger charge is -2.03. The maximum atomic E-state index is 9.07. The molecule has 0 spiro atoms. The SMILES string of the molecule is CB(O)Cc1ccccc1N. The average molecular weight is 149 g/mol. The van der Waals surface area contributed by atoms with Gasteiger partial charge >= 0.3 is 0 Å².